The molecule has 20 heavy (non-hydrogen) atoms. The molecule has 0 unspecified atom stereocenters. The van der Waals surface area contributed by atoms with Crippen molar-refractivity contribution < 1.29 is 4.39 Å². The van der Waals surface area contributed by atoms with Crippen LogP contribution in [0.25, 0.3) is 0 Å². The second-order valence-electron chi connectivity index (χ2n) is 5.41. The predicted molar refractivity (Wildman–Crippen MR) is 84.6 cm³/mol. The van der Waals surface area contributed by atoms with Crippen molar-refractivity contribution in [3.05, 3.63) is 63.4 Å². The highest BCUT2D eigenvalue weighted by atomic mass is 79.9. The van der Waals surface area contributed by atoms with E-state index >= 15 is 0 Å². The number of rotatable bonds is 4. The van der Waals surface area contributed by atoms with Crippen molar-refractivity contribution in [2.24, 2.45) is 0 Å². The van der Waals surface area contributed by atoms with Gasteiger partial charge in [0.25, 0.3) is 0 Å². The Morgan fingerprint density at radius 2 is 2.00 bits per heavy atom. The van der Waals surface area contributed by atoms with Gasteiger partial charge in [-0.15, -0.1) is 0 Å². The number of aryl methyl sites for hydroxylation is 1. The molecule has 1 aliphatic carbocycles. The van der Waals surface area contributed by atoms with E-state index in [0.29, 0.717) is 4.47 Å². The minimum absolute atomic E-state index is 0.228. The summed E-state index contributed by atoms with van der Waals surface area (Å²) < 4.78 is 14.1. The lowest BCUT2D eigenvalue weighted by Crippen LogP contribution is -2.04. The molecule has 0 radical (unpaired) electrons. The minimum Gasteiger partial charge on any atom is -0.381 e. The summed E-state index contributed by atoms with van der Waals surface area (Å²) >= 11 is 3.21. The van der Waals surface area contributed by atoms with Crippen molar-refractivity contribution in [3.8, 4) is 0 Å². The maximum absolute atomic E-state index is 13.6. The third-order valence-electron chi connectivity index (χ3n) is 3.81. The molecule has 0 aromatic heterocycles. The Labute approximate surface area is 127 Å². The molecule has 1 saturated carbocycles. The van der Waals surface area contributed by atoms with Gasteiger partial charge in [0.1, 0.15) is 5.82 Å². The van der Waals surface area contributed by atoms with Crippen LogP contribution in [0.15, 0.2) is 40.9 Å². The average molecular weight is 334 g/mol. The highest BCUT2D eigenvalue weighted by Gasteiger charge is 2.25. The number of hydrogen-bond acceptors (Lipinski definition) is 1. The van der Waals surface area contributed by atoms with E-state index < -0.39 is 0 Å². The summed E-state index contributed by atoms with van der Waals surface area (Å²) in [5.74, 6) is 0.504. The number of benzene rings is 2. The molecule has 0 saturated heterocycles. The molecule has 0 heterocycles. The second-order valence-corrected chi connectivity index (χ2v) is 6.26. The first-order chi connectivity index (χ1) is 9.65. The van der Waals surface area contributed by atoms with Crippen LogP contribution in [0.1, 0.15) is 35.4 Å². The van der Waals surface area contributed by atoms with Gasteiger partial charge in [-0.3, -0.25) is 0 Å². The zero-order valence-corrected chi connectivity index (χ0v) is 13.0. The van der Waals surface area contributed by atoms with Crippen LogP contribution in [-0.2, 0) is 6.54 Å². The van der Waals surface area contributed by atoms with Crippen LogP contribution in [0, 0.1) is 12.7 Å². The molecule has 3 heteroatoms. The fourth-order valence-electron chi connectivity index (χ4n) is 2.51. The number of nitrogens with one attached hydrogen (secondary N) is 1. The molecule has 0 atom stereocenters. The molecule has 2 aromatic rings. The third kappa shape index (κ3) is 2.88. The molecule has 1 fully saturated rings. The van der Waals surface area contributed by atoms with Crippen LogP contribution in [0.5, 0.6) is 0 Å². The summed E-state index contributed by atoms with van der Waals surface area (Å²) in [5, 5.41) is 3.36. The van der Waals surface area contributed by atoms with Crippen LogP contribution in [-0.4, -0.2) is 0 Å². The first-order valence-electron chi connectivity index (χ1n) is 6.92. The fourth-order valence-corrected chi connectivity index (χ4v) is 2.97. The van der Waals surface area contributed by atoms with Crippen molar-refractivity contribution >= 4 is 21.6 Å². The van der Waals surface area contributed by atoms with Crippen molar-refractivity contribution in [3.63, 3.8) is 0 Å². The van der Waals surface area contributed by atoms with E-state index in [9.17, 15) is 4.39 Å². The molecular weight excluding hydrogens is 317 g/mol. The smallest absolute Gasteiger partial charge is 0.139 e. The van der Waals surface area contributed by atoms with E-state index in [1.807, 2.05) is 13.0 Å². The molecular formula is C17H17BrFN. The van der Waals surface area contributed by atoms with Gasteiger partial charge in [-0.25, -0.2) is 4.39 Å². The Morgan fingerprint density at radius 1 is 1.25 bits per heavy atom. The molecule has 0 bridgehead atoms. The normalized spacial score (nSPS) is 14.3. The van der Waals surface area contributed by atoms with Gasteiger partial charge in [-0.1, -0.05) is 24.3 Å². The Morgan fingerprint density at radius 3 is 2.75 bits per heavy atom. The van der Waals surface area contributed by atoms with Crippen LogP contribution in [0.2, 0.25) is 0 Å². The summed E-state index contributed by atoms with van der Waals surface area (Å²) in [6, 6.07) is 11.9. The van der Waals surface area contributed by atoms with Gasteiger partial charge in [-0.2, -0.15) is 0 Å². The Balaban J connectivity index is 1.78. The van der Waals surface area contributed by atoms with E-state index in [4.69, 9.17) is 0 Å². The lowest BCUT2D eigenvalue weighted by Gasteiger charge is -2.13. The topological polar surface area (TPSA) is 12.0 Å². The molecule has 104 valence electrons. The summed E-state index contributed by atoms with van der Waals surface area (Å²) in [5.41, 5.74) is 4.66. The monoisotopic (exact) mass is 333 g/mol. The van der Waals surface area contributed by atoms with E-state index in [-0.39, 0.29) is 5.82 Å². The average Bonchev–Trinajstić information content (AvgIpc) is 3.26. The summed E-state index contributed by atoms with van der Waals surface area (Å²) in [6.07, 6.45) is 2.59. The van der Waals surface area contributed by atoms with Gasteiger partial charge < -0.3 is 5.32 Å². The van der Waals surface area contributed by atoms with E-state index in [1.165, 1.54) is 24.0 Å². The highest BCUT2D eigenvalue weighted by molar-refractivity contribution is 9.10. The maximum Gasteiger partial charge on any atom is 0.139 e. The summed E-state index contributed by atoms with van der Waals surface area (Å²) in [4.78, 5) is 0. The highest BCUT2D eigenvalue weighted by Crippen LogP contribution is 2.41. The Hall–Kier alpha value is -1.35. The van der Waals surface area contributed by atoms with Gasteiger partial charge in [0, 0.05) is 12.2 Å². The lowest BCUT2D eigenvalue weighted by atomic mass is 10.0. The third-order valence-corrected chi connectivity index (χ3v) is 4.42. The van der Waals surface area contributed by atoms with Gasteiger partial charge >= 0.3 is 0 Å². The SMILES string of the molecule is Cc1cc(Br)c(F)cc1NCc1ccccc1C1CC1. The van der Waals surface area contributed by atoms with Crippen molar-refractivity contribution in [1.29, 1.82) is 0 Å². The zero-order valence-electron chi connectivity index (χ0n) is 11.4. The van der Waals surface area contributed by atoms with E-state index in [2.05, 4.69) is 45.5 Å². The summed E-state index contributed by atoms with van der Waals surface area (Å²) in [6.45, 7) is 2.73. The molecule has 1 nitrogen and oxygen atoms in total. The number of halogens is 2. The van der Waals surface area contributed by atoms with Crippen molar-refractivity contribution in [2.45, 2.75) is 32.2 Å². The Bertz CT molecular complexity index is 635. The van der Waals surface area contributed by atoms with Gasteiger partial charge in [0.2, 0.25) is 0 Å². The predicted octanol–water partition coefficient (Wildman–Crippen LogP) is 5.39. The number of hydrogen-bond donors (Lipinski definition) is 1. The molecule has 3 rings (SSSR count). The van der Waals surface area contributed by atoms with Crippen LogP contribution in [0.3, 0.4) is 0 Å². The summed E-state index contributed by atoms with van der Waals surface area (Å²) in [7, 11) is 0. The van der Waals surface area contributed by atoms with E-state index in [0.717, 1.165) is 23.7 Å². The molecule has 0 spiro atoms. The lowest BCUT2D eigenvalue weighted by molar-refractivity contribution is 0.621. The van der Waals surface area contributed by atoms with Crippen LogP contribution < -0.4 is 5.32 Å². The molecule has 2 aromatic carbocycles. The molecule has 1 aliphatic rings. The molecule has 0 amide bonds. The quantitative estimate of drug-likeness (QED) is 0.791. The first-order valence-corrected chi connectivity index (χ1v) is 7.72. The molecule has 0 aliphatic heterocycles. The minimum atomic E-state index is -0.228. The fraction of sp³-hybridized carbons (Fsp3) is 0.294. The van der Waals surface area contributed by atoms with Crippen molar-refractivity contribution in [1.82, 2.24) is 0 Å². The largest absolute Gasteiger partial charge is 0.381 e. The molecule has 1 N–H and O–H groups in total. The van der Waals surface area contributed by atoms with Crippen LogP contribution in [0.4, 0.5) is 10.1 Å². The second kappa shape index (κ2) is 5.57. The standard InChI is InChI=1S/C17H17BrFN/c1-11-8-15(18)16(19)9-17(11)20-10-13-4-2-3-5-14(13)12-6-7-12/h2-5,8-9,12,20H,6-7,10H2,1H3. The Kier molecular flexibility index (Phi) is 3.79. The zero-order chi connectivity index (χ0) is 14.1. The van der Waals surface area contributed by atoms with E-state index in [1.54, 1.807) is 6.07 Å². The van der Waals surface area contributed by atoms with Gasteiger partial charge in [0.15, 0.2) is 0 Å². The first kappa shape index (κ1) is 13.6. The van der Waals surface area contributed by atoms with Crippen LogP contribution >= 0.6 is 15.9 Å². The van der Waals surface area contributed by atoms with Gasteiger partial charge in [-0.05, 0) is 70.4 Å². The van der Waals surface area contributed by atoms with Crippen molar-refractivity contribution in [2.75, 3.05) is 5.32 Å². The maximum atomic E-state index is 13.6. The van der Waals surface area contributed by atoms with Gasteiger partial charge in [0.05, 0.1) is 4.47 Å². The number of anilines is 1.